The van der Waals surface area contributed by atoms with Gasteiger partial charge in [-0.05, 0) is 98.4 Å². The lowest BCUT2D eigenvalue weighted by molar-refractivity contribution is -0.135. The van der Waals surface area contributed by atoms with Crippen LogP contribution >= 0.6 is 0 Å². The minimum atomic E-state index is -0.673. The van der Waals surface area contributed by atoms with E-state index in [9.17, 15) is 14.4 Å². The minimum Gasteiger partial charge on any atom is -0.384 e. The molecule has 2 amide bonds. The summed E-state index contributed by atoms with van der Waals surface area (Å²) < 4.78 is 3.20. The number of fused-ring (bicyclic) bond motifs is 1. The quantitative estimate of drug-likeness (QED) is 0.232. The van der Waals surface area contributed by atoms with Crippen molar-refractivity contribution in [2.24, 2.45) is 17.9 Å². The Hall–Kier alpha value is -5.21. The maximum Gasteiger partial charge on any atom is 0.329 e. The third-order valence-electron chi connectivity index (χ3n) is 13.3. The largest absolute Gasteiger partial charge is 0.384 e. The number of carbonyl (C=O) groups excluding carboxylic acids is 2. The molecule has 8 heterocycles. The van der Waals surface area contributed by atoms with Gasteiger partial charge in [-0.25, -0.2) is 14.8 Å². The number of piperidine rings is 3. The average Bonchev–Trinajstić information content (AvgIpc) is 3.44. The van der Waals surface area contributed by atoms with E-state index in [2.05, 4.69) is 79.2 Å². The van der Waals surface area contributed by atoms with E-state index in [1.165, 1.54) is 50.1 Å². The molecule has 5 aliphatic heterocycles. The van der Waals surface area contributed by atoms with E-state index in [4.69, 9.17) is 11.5 Å². The standard InChI is InChI=1S/C27H33N7O3.C16H24N4/c1-17(18-6-8-22(28)29-14-18)33-15-27(16-33)10-12-32(13-11-27)19-4-3-5-20-24(19)31(2)26(37)34(20)21-7-9-23(35)30-25(21)36;1-2-7-19-8-5-16(6-9-19)12-20(13-16)11-14-3-4-15(17)18-10-14/h3-6,8,14,17,21H,7,9-13,15-16H2,1-2H3,(H2,28,29)(H,30,35,36);2-4,7,10H,5-6,8-9,11-13H2,1H3,(H2,17,18)/b;7-2+. The molecular weight excluding hydrogens is 719 g/mol. The van der Waals surface area contributed by atoms with Crippen LogP contribution in [0.2, 0.25) is 0 Å². The Kier molecular flexibility index (Phi) is 10.6. The van der Waals surface area contributed by atoms with E-state index in [1.807, 2.05) is 36.7 Å². The van der Waals surface area contributed by atoms with Gasteiger partial charge < -0.3 is 21.3 Å². The van der Waals surface area contributed by atoms with Crippen LogP contribution < -0.4 is 27.4 Å². The second kappa shape index (κ2) is 15.6. The van der Waals surface area contributed by atoms with Gasteiger partial charge in [0, 0.05) is 90.8 Å². The number of pyridine rings is 2. The first kappa shape index (κ1) is 38.7. The number of nitrogen functional groups attached to an aromatic ring is 2. The second-order valence-electron chi connectivity index (χ2n) is 17.2. The summed E-state index contributed by atoms with van der Waals surface area (Å²) in [6, 6.07) is 13.5. The van der Waals surface area contributed by atoms with Crippen molar-refractivity contribution in [2.75, 3.05) is 68.7 Å². The predicted molar refractivity (Wildman–Crippen MR) is 223 cm³/mol. The summed E-state index contributed by atoms with van der Waals surface area (Å²) >= 11 is 0. The van der Waals surface area contributed by atoms with Crippen molar-refractivity contribution in [1.29, 1.82) is 0 Å². The fraction of sp³-hybridized carbons (Fsp3) is 0.512. The SMILES string of the molecule is C/C=C/N1CCC2(CC1)CN(Cc1ccc(N)nc1)C2.CC(c1ccc(N)nc1)N1CC2(CCN(c3cccc4c3n(C)c(=O)n4C3CCC(=O)NC3=O)CC2)C1. The normalized spacial score (nSPS) is 22.6. The lowest BCUT2D eigenvalue weighted by atomic mass is 9.71. The van der Waals surface area contributed by atoms with Crippen LogP contribution in [0, 0.1) is 10.8 Å². The van der Waals surface area contributed by atoms with Crippen molar-refractivity contribution in [1.82, 2.24) is 39.1 Å². The molecule has 9 rings (SSSR count). The first-order valence-electron chi connectivity index (χ1n) is 20.5. The van der Waals surface area contributed by atoms with Crippen LogP contribution in [0.25, 0.3) is 11.0 Å². The highest BCUT2D eigenvalue weighted by molar-refractivity contribution is 6.00. The fourth-order valence-electron chi connectivity index (χ4n) is 9.88. The molecule has 5 aliphatic rings. The van der Waals surface area contributed by atoms with Gasteiger partial charge in [0.1, 0.15) is 17.7 Å². The average molecular weight is 776 g/mol. The molecular formula is C43H57N11O3. The molecule has 1 aromatic carbocycles. The Balaban J connectivity index is 0.000000192. The zero-order valence-electron chi connectivity index (χ0n) is 33.6. The smallest absolute Gasteiger partial charge is 0.329 e. The summed E-state index contributed by atoms with van der Waals surface area (Å²) in [5.41, 5.74) is 17.1. The zero-order valence-corrected chi connectivity index (χ0v) is 33.6. The van der Waals surface area contributed by atoms with Crippen molar-refractivity contribution in [2.45, 2.75) is 71.0 Å². The van der Waals surface area contributed by atoms with Crippen LogP contribution in [0.3, 0.4) is 0 Å². The van der Waals surface area contributed by atoms with Crippen molar-refractivity contribution in [3.8, 4) is 0 Å². The monoisotopic (exact) mass is 775 g/mol. The number of imide groups is 1. The highest BCUT2D eigenvalue weighted by Crippen LogP contribution is 2.45. The molecule has 14 nitrogen and oxygen atoms in total. The van der Waals surface area contributed by atoms with Gasteiger partial charge in [0.25, 0.3) is 0 Å². The molecule has 4 aromatic rings. The summed E-state index contributed by atoms with van der Waals surface area (Å²) in [4.78, 5) is 55.7. The first-order valence-corrected chi connectivity index (χ1v) is 20.5. The van der Waals surface area contributed by atoms with Gasteiger partial charge in [-0.3, -0.25) is 33.8 Å². The molecule has 57 heavy (non-hydrogen) atoms. The van der Waals surface area contributed by atoms with Crippen LogP contribution in [0.15, 0.2) is 71.9 Å². The van der Waals surface area contributed by atoms with E-state index < -0.39 is 11.9 Å². The van der Waals surface area contributed by atoms with Crippen LogP contribution in [-0.2, 0) is 23.2 Å². The number of nitrogens with zero attached hydrogens (tertiary/aromatic N) is 8. The number of anilines is 3. The van der Waals surface area contributed by atoms with E-state index in [-0.39, 0.29) is 18.0 Å². The molecule has 3 aromatic heterocycles. The number of hydrogen-bond acceptors (Lipinski definition) is 11. The van der Waals surface area contributed by atoms with E-state index >= 15 is 0 Å². The molecule has 5 N–H and O–H groups in total. The highest BCUT2D eigenvalue weighted by Gasteiger charge is 2.47. The molecule has 0 radical (unpaired) electrons. The van der Waals surface area contributed by atoms with Crippen LogP contribution in [0.1, 0.15) is 75.6 Å². The van der Waals surface area contributed by atoms with Crippen molar-refractivity contribution >= 4 is 40.2 Å². The Morgan fingerprint density at radius 3 is 2.18 bits per heavy atom. The summed E-state index contributed by atoms with van der Waals surface area (Å²) in [5, 5.41) is 2.38. The highest BCUT2D eigenvalue weighted by atomic mass is 16.2. The molecule has 0 saturated carbocycles. The first-order chi connectivity index (χ1) is 27.4. The van der Waals surface area contributed by atoms with E-state index in [1.54, 1.807) is 16.2 Å². The lowest BCUT2D eigenvalue weighted by Gasteiger charge is -2.56. The van der Waals surface area contributed by atoms with Gasteiger partial charge in [0.15, 0.2) is 0 Å². The molecule has 2 unspecified atom stereocenters. The Morgan fingerprint density at radius 2 is 1.54 bits per heavy atom. The number of carbonyl (C=O) groups is 2. The Bertz CT molecular complexity index is 2160. The minimum absolute atomic E-state index is 0.230. The number of imidazole rings is 1. The number of amides is 2. The second-order valence-corrected chi connectivity index (χ2v) is 17.2. The third-order valence-corrected chi connectivity index (χ3v) is 13.3. The number of nitrogens with two attached hydrogens (primary N) is 2. The molecule has 5 fully saturated rings. The number of rotatable bonds is 7. The molecule has 2 spiro atoms. The summed E-state index contributed by atoms with van der Waals surface area (Å²) in [7, 11) is 1.76. The Labute approximate surface area is 334 Å². The van der Waals surface area contributed by atoms with Gasteiger partial charge in [0.05, 0.1) is 16.7 Å². The molecule has 2 atom stereocenters. The molecule has 5 saturated heterocycles. The van der Waals surface area contributed by atoms with Gasteiger partial charge in [0.2, 0.25) is 11.8 Å². The molecule has 14 heteroatoms. The van der Waals surface area contributed by atoms with Crippen molar-refractivity contribution in [3.63, 3.8) is 0 Å². The van der Waals surface area contributed by atoms with Gasteiger partial charge in [-0.15, -0.1) is 0 Å². The number of aryl methyl sites for hydroxylation is 1. The summed E-state index contributed by atoms with van der Waals surface area (Å²) in [5.74, 6) is 0.454. The number of likely N-dealkylation sites (tertiary alicyclic amines) is 3. The zero-order chi connectivity index (χ0) is 39.9. The lowest BCUT2D eigenvalue weighted by Crippen LogP contribution is -2.60. The molecule has 302 valence electrons. The van der Waals surface area contributed by atoms with Gasteiger partial charge in [-0.2, -0.15) is 0 Å². The summed E-state index contributed by atoms with van der Waals surface area (Å²) in [6.07, 6.45) is 13.5. The Morgan fingerprint density at radius 1 is 0.877 bits per heavy atom. The van der Waals surface area contributed by atoms with Crippen LogP contribution in [0.5, 0.6) is 0 Å². The van der Waals surface area contributed by atoms with Crippen molar-refractivity contribution < 1.29 is 9.59 Å². The fourth-order valence-corrected chi connectivity index (χ4v) is 9.88. The van der Waals surface area contributed by atoms with E-state index in [0.29, 0.717) is 34.9 Å². The van der Waals surface area contributed by atoms with Gasteiger partial charge in [-0.1, -0.05) is 24.3 Å². The van der Waals surface area contributed by atoms with E-state index in [0.717, 1.165) is 62.3 Å². The number of nitrogens with one attached hydrogen (secondary N) is 1. The van der Waals surface area contributed by atoms with Crippen LogP contribution in [0.4, 0.5) is 17.3 Å². The number of aromatic nitrogens is 4. The molecule has 0 aliphatic carbocycles. The molecule has 0 bridgehead atoms. The third kappa shape index (κ3) is 7.76. The number of benzene rings is 1. The number of para-hydroxylation sites is 1. The predicted octanol–water partition coefficient (Wildman–Crippen LogP) is 4.05. The van der Waals surface area contributed by atoms with Gasteiger partial charge >= 0.3 is 5.69 Å². The maximum atomic E-state index is 13.3. The summed E-state index contributed by atoms with van der Waals surface area (Å²) in [6.45, 7) is 14.2. The topological polar surface area (TPSA) is 164 Å². The number of hydrogen-bond donors (Lipinski definition) is 3. The van der Waals surface area contributed by atoms with Crippen molar-refractivity contribution in [3.05, 3.63) is 88.7 Å². The maximum absolute atomic E-state index is 13.3. The number of allylic oxidation sites excluding steroid dienone is 1. The van der Waals surface area contributed by atoms with Crippen LogP contribution in [-0.4, -0.2) is 98.0 Å².